The maximum Gasteiger partial charge on any atom is 0.132 e. The Morgan fingerprint density at radius 3 is 2.53 bits per heavy atom. The average Bonchev–Trinajstić information content (AvgIpc) is 2.22. The van der Waals surface area contributed by atoms with Gasteiger partial charge in [0.15, 0.2) is 0 Å². The van der Waals surface area contributed by atoms with Crippen LogP contribution in [-0.4, -0.2) is 0 Å². The summed E-state index contributed by atoms with van der Waals surface area (Å²) in [6, 6.07) is 9.31. The third kappa shape index (κ3) is 2.88. The molecule has 2 N–H and O–H groups in total. The second kappa shape index (κ2) is 4.63. The van der Waals surface area contributed by atoms with Crippen LogP contribution in [-0.2, 0) is 0 Å². The van der Waals surface area contributed by atoms with E-state index in [1.54, 1.807) is 24.3 Å². The predicted octanol–water partition coefficient (Wildman–Crippen LogP) is 4.16. The molecule has 0 aliphatic rings. The van der Waals surface area contributed by atoms with Crippen molar-refractivity contribution in [2.24, 2.45) is 0 Å². The van der Waals surface area contributed by atoms with Crippen molar-refractivity contribution in [1.29, 1.82) is 0 Å². The van der Waals surface area contributed by atoms with Crippen molar-refractivity contribution >= 4 is 17.3 Å². The van der Waals surface area contributed by atoms with Crippen molar-refractivity contribution in [3.05, 3.63) is 52.8 Å². The molecule has 0 heterocycles. The third-order valence-corrected chi connectivity index (χ3v) is 2.68. The molecule has 0 aliphatic carbocycles. The molecule has 0 amide bonds. The SMILES string of the molecule is Cc1cc(Oc2cc(N)cc(F)c2)ccc1Cl. The highest BCUT2D eigenvalue weighted by Gasteiger charge is 2.03. The quantitative estimate of drug-likeness (QED) is 0.814. The lowest BCUT2D eigenvalue weighted by Gasteiger charge is -2.08. The number of hydrogen-bond acceptors (Lipinski definition) is 2. The summed E-state index contributed by atoms with van der Waals surface area (Å²) in [4.78, 5) is 0. The first kappa shape index (κ1) is 11.7. The van der Waals surface area contributed by atoms with Crippen LogP contribution in [0.2, 0.25) is 5.02 Å². The molecule has 0 radical (unpaired) electrons. The molecule has 2 aromatic rings. The zero-order valence-corrected chi connectivity index (χ0v) is 9.96. The van der Waals surface area contributed by atoms with Crippen molar-refractivity contribution in [2.45, 2.75) is 6.92 Å². The maximum absolute atomic E-state index is 13.1. The number of ether oxygens (including phenoxy) is 1. The van der Waals surface area contributed by atoms with Crippen molar-refractivity contribution in [2.75, 3.05) is 5.73 Å². The standard InChI is InChI=1S/C13H11ClFNO/c1-8-4-11(2-3-13(8)14)17-12-6-9(15)5-10(16)7-12/h2-7H,16H2,1H3. The van der Waals surface area contributed by atoms with Crippen LogP contribution in [0.5, 0.6) is 11.5 Å². The van der Waals surface area contributed by atoms with E-state index in [0.717, 1.165) is 5.56 Å². The fourth-order valence-corrected chi connectivity index (χ4v) is 1.58. The smallest absolute Gasteiger partial charge is 0.132 e. The van der Waals surface area contributed by atoms with Crippen molar-refractivity contribution in [3.8, 4) is 11.5 Å². The Labute approximate surface area is 104 Å². The minimum absolute atomic E-state index is 0.325. The first-order valence-corrected chi connectivity index (χ1v) is 5.42. The van der Waals surface area contributed by atoms with Gasteiger partial charge in [0.05, 0.1) is 0 Å². The topological polar surface area (TPSA) is 35.2 Å². The van der Waals surface area contributed by atoms with Gasteiger partial charge in [-0.1, -0.05) is 11.6 Å². The Balaban J connectivity index is 2.28. The molecule has 0 unspecified atom stereocenters. The van der Waals surface area contributed by atoms with Crippen LogP contribution in [0.3, 0.4) is 0 Å². The number of anilines is 1. The van der Waals surface area contributed by atoms with Crippen LogP contribution in [0.25, 0.3) is 0 Å². The van der Waals surface area contributed by atoms with Gasteiger partial charge in [0, 0.05) is 22.8 Å². The van der Waals surface area contributed by atoms with E-state index in [9.17, 15) is 4.39 Å². The van der Waals surface area contributed by atoms with Gasteiger partial charge in [-0.15, -0.1) is 0 Å². The molecule has 2 nitrogen and oxygen atoms in total. The van der Waals surface area contributed by atoms with Gasteiger partial charge >= 0.3 is 0 Å². The molecule has 88 valence electrons. The number of benzene rings is 2. The zero-order valence-electron chi connectivity index (χ0n) is 9.21. The first-order valence-electron chi connectivity index (χ1n) is 5.04. The highest BCUT2D eigenvalue weighted by Crippen LogP contribution is 2.27. The molecule has 0 saturated heterocycles. The molecule has 0 fully saturated rings. The Morgan fingerprint density at radius 1 is 1.12 bits per heavy atom. The lowest BCUT2D eigenvalue weighted by atomic mass is 10.2. The third-order valence-electron chi connectivity index (χ3n) is 2.26. The number of aryl methyl sites for hydroxylation is 1. The Morgan fingerprint density at radius 2 is 1.88 bits per heavy atom. The largest absolute Gasteiger partial charge is 0.457 e. The Hall–Kier alpha value is -1.74. The fourth-order valence-electron chi connectivity index (χ4n) is 1.46. The monoisotopic (exact) mass is 251 g/mol. The second-order valence-corrected chi connectivity index (χ2v) is 4.14. The summed E-state index contributed by atoms with van der Waals surface area (Å²) >= 11 is 5.90. The van der Waals surface area contributed by atoms with Gasteiger partial charge in [-0.05, 0) is 36.8 Å². The lowest BCUT2D eigenvalue weighted by Crippen LogP contribution is -1.90. The van der Waals surface area contributed by atoms with E-state index >= 15 is 0 Å². The molecule has 0 spiro atoms. The van der Waals surface area contributed by atoms with E-state index in [2.05, 4.69) is 0 Å². The number of nitrogens with two attached hydrogens (primary N) is 1. The van der Waals surface area contributed by atoms with Gasteiger partial charge in [-0.2, -0.15) is 0 Å². The normalized spacial score (nSPS) is 10.3. The fraction of sp³-hybridized carbons (Fsp3) is 0.0769. The van der Waals surface area contributed by atoms with E-state index < -0.39 is 5.82 Å². The molecular weight excluding hydrogens is 241 g/mol. The highest BCUT2D eigenvalue weighted by molar-refractivity contribution is 6.31. The number of halogens is 2. The van der Waals surface area contributed by atoms with Crippen LogP contribution < -0.4 is 10.5 Å². The van der Waals surface area contributed by atoms with Crippen LogP contribution in [0, 0.1) is 12.7 Å². The van der Waals surface area contributed by atoms with Gasteiger partial charge < -0.3 is 10.5 Å². The highest BCUT2D eigenvalue weighted by atomic mass is 35.5. The minimum Gasteiger partial charge on any atom is -0.457 e. The van der Waals surface area contributed by atoms with Gasteiger partial charge in [0.25, 0.3) is 0 Å². The van der Waals surface area contributed by atoms with Crippen molar-refractivity contribution in [3.63, 3.8) is 0 Å². The van der Waals surface area contributed by atoms with E-state index in [1.807, 2.05) is 6.92 Å². The lowest BCUT2D eigenvalue weighted by molar-refractivity contribution is 0.477. The molecule has 2 aromatic carbocycles. The Kier molecular flexibility index (Phi) is 3.20. The summed E-state index contributed by atoms with van der Waals surface area (Å²) in [6.45, 7) is 1.87. The summed E-state index contributed by atoms with van der Waals surface area (Å²) in [7, 11) is 0. The number of nitrogen functional groups attached to an aromatic ring is 1. The maximum atomic E-state index is 13.1. The second-order valence-electron chi connectivity index (χ2n) is 3.73. The minimum atomic E-state index is -0.425. The molecule has 2 rings (SSSR count). The molecule has 4 heteroatoms. The van der Waals surface area contributed by atoms with Gasteiger partial charge in [-0.3, -0.25) is 0 Å². The van der Waals surface area contributed by atoms with E-state index in [0.29, 0.717) is 22.2 Å². The van der Waals surface area contributed by atoms with E-state index in [1.165, 1.54) is 12.1 Å². The molecule has 0 bridgehead atoms. The molecule has 0 aromatic heterocycles. The number of rotatable bonds is 2. The van der Waals surface area contributed by atoms with Crippen LogP contribution in [0.15, 0.2) is 36.4 Å². The Bertz CT molecular complexity index is 537. The first-order chi connectivity index (χ1) is 8.04. The molecular formula is C13H11ClFNO. The summed E-state index contributed by atoms with van der Waals surface area (Å²) in [5, 5.41) is 0.663. The van der Waals surface area contributed by atoms with Gasteiger partial charge in [-0.25, -0.2) is 4.39 Å². The summed E-state index contributed by atoms with van der Waals surface area (Å²) in [5.41, 5.74) is 6.75. The van der Waals surface area contributed by atoms with Gasteiger partial charge in [0.1, 0.15) is 17.3 Å². The van der Waals surface area contributed by atoms with Crippen LogP contribution in [0.1, 0.15) is 5.56 Å². The molecule has 17 heavy (non-hydrogen) atoms. The average molecular weight is 252 g/mol. The molecule has 0 aliphatic heterocycles. The molecule has 0 atom stereocenters. The zero-order chi connectivity index (χ0) is 12.4. The summed E-state index contributed by atoms with van der Waals surface area (Å²) in [5.74, 6) is 0.534. The molecule has 0 saturated carbocycles. The summed E-state index contributed by atoms with van der Waals surface area (Å²) in [6.07, 6.45) is 0. The predicted molar refractivity (Wildman–Crippen MR) is 67.1 cm³/mol. The van der Waals surface area contributed by atoms with Crippen LogP contribution in [0.4, 0.5) is 10.1 Å². The van der Waals surface area contributed by atoms with E-state index in [-0.39, 0.29) is 0 Å². The van der Waals surface area contributed by atoms with Crippen molar-refractivity contribution < 1.29 is 9.13 Å². The van der Waals surface area contributed by atoms with Crippen molar-refractivity contribution in [1.82, 2.24) is 0 Å². The van der Waals surface area contributed by atoms with Gasteiger partial charge in [0.2, 0.25) is 0 Å². The number of hydrogen-bond donors (Lipinski definition) is 1. The van der Waals surface area contributed by atoms with Crippen LogP contribution >= 0.6 is 11.6 Å². The van der Waals surface area contributed by atoms with E-state index in [4.69, 9.17) is 22.1 Å². The summed E-state index contributed by atoms with van der Waals surface area (Å²) < 4.78 is 18.6.